The van der Waals surface area contributed by atoms with Crippen molar-refractivity contribution in [2.24, 2.45) is 0 Å². The number of benzene rings is 1. The average molecular weight is 391 g/mol. The Balaban J connectivity index is 1.92. The van der Waals surface area contributed by atoms with Crippen molar-refractivity contribution in [3.63, 3.8) is 0 Å². The van der Waals surface area contributed by atoms with Crippen molar-refractivity contribution in [3.05, 3.63) is 47.3 Å². The summed E-state index contributed by atoms with van der Waals surface area (Å²) >= 11 is 0. The number of aromatic nitrogens is 2. The fraction of sp³-hybridized carbons (Fsp3) is 0.444. The van der Waals surface area contributed by atoms with Gasteiger partial charge in [0.1, 0.15) is 10.9 Å². The molecule has 3 rings (SSSR count). The lowest BCUT2D eigenvalue weighted by atomic mass is 10.1. The van der Waals surface area contributed by atoms with E-state index in [9.17, 15) is 13.2 Å². The zero-order valence-electron chi connectivity index (χ0n) is 15.8. The van der Waals surface area contributed by atoms with Crippen molar-refractivity contribution in [2.45, 2.75) is 24.8 Å². The summed E-state index contributed by atoms with van der Waals surface area (Å²) in [6.07, 6.45) is 0. The van der Waals surface area contributed by atoms with Crippen LogP contribution in [-0.4, -0.2) is 67.5 Å². The molecule has 1 amide bonds. The third-order valence-electron chi connectivity index (χ3n) is 4.80. The van der Waals surface area contributed by atoms with Crippen molar-refractivity contribution in [1.29, 1.82) is 0 Å². The van der Waals surface area contributed by atoms with Crippen molar-refractivity contribution in [3.8, 4) is 0 Å². The lowest BCUT2D eigenvalue weighted by molar-refractivity contribution is -0.134. The van der Waals surface area contributed by atoms with E-state index in [1.165, 1.54) is 0 Å². The van der Waals surface area contributed by atoms with Crippen LogP contribution >= 0.6 is 0 Å². The van der Waals surface area contributed by atoms with E-state index >= 15 is 0 Å². The Kier molecular flexibility index (Phi) is 5.64. The molecule has 1 aliphatic heterocycles. The van der Waals surface area contributed by atoms with E-state index in [4.69, 9.17) is 0 Å². The Morgan fingerprint density at radius 2 is 1.78 bits per heavy atom. The number of sulfonamides is 1. The number of carbonyl (C=O) groups excluding carboxylic acids is 1. The Morgan fingerprint density at radius 3 is 2.33 bits per heavy atom. The van der Waals surface area contributed by atoms with Crippen molar-refractivity contribution >= 4 is 15.9 Å². The summed E-state index contributed by atoms with van der Waals surface area (Å²) in [5.41, 5.74) is 1.43. The molecule has 0 unspecified atom stereocenters. The number of rotatable bonds is 5. The number of hydrogen-bond acceptors (Lipinski definition) is 5. The quantitative estimate of drug-likeness (QED) is 0.786. The van der Waals surface area contributed by atoms with E-state index < -0.39 is 16.1 Å². The first-order chi connectivity index (χ1) is 12.8. The van der Waals surface area contributed by atoms with Crippen LogP contribution in [-0.2, 0) is 14.8 Å². The minimum Gasteiger partial charge on any atom is -0.338 e. The molecular formula is C18H25N5O3S. The number of amides is 1. The average Bonchev–Trinajstić information content (AvgIpc) is 3.00. The van der Waals surface area contributed by atoms with Crippen molar-refractivity contribution in [2.75, 3.05) is 33.2 Å². The molecule has 27 heavy (non-hydrogen) atoms. The number of hydrogen-bond donors (Lipinski definition) is 2. The van der Waals surface area contributed by atoms with Gasteiger partial charge in [0.25, 0.3) is 0 Å². The molecule has 2 heterocycles. The van der Waals surface area contributed by atoms with E-state index in [1.807, 2.05) is 13.1 Å². The SMILES string of the molecule is Cc1n[nH]c(C)c1S(=O)(=O)N[C@H](C(=O)N1CCN(C)CC1)c1ccccc1. The predicted molar refractivity (Wildman–Crippen MR) is 102 cm³/mol. The number of H-pyrrole nitrogens is 1. The van der Waals surface area contributed by atoms with Crippen molar-refractivity contribution < 1.29 is 13.2 Å². The van der Waals surface area contributed by atoms with Crippen LogP contribution in [0.25, 0.3) is 0 Å². The highest BCUT2D eigenvalue weighted by molar-refractivity contribution is 7.89. The molecule has 1 atom stereocenters. The zero-order chi connectivity index (χ0) is 19.6. The largest absolute Gasteiger partial charge is 0.338 e. The van der Waals surface area contributed by atoms with Gasteiger partial charge in [-0.1, -0.05) is 30.3 Å². The van der Waals surface area contributed by atoms with Gasteiger partial charge in [-0.2, -0.15) is 9.82 Å². The van der Waals surface area contributed by atoms with Crippen LogP contribution in [0.2, 0.25) is 0 Å². The Labute approximate surface area is 159 Å². The maximum atomic E-state index is 13.2. The van der Waals surface area contributed by atoms with E-state index in [1.54, 1.807) is 43.0 Å². The molecule has 9 heteroatoms. The summed E-state index contributed by atoms with van der Waals surface area (Å²) in [5, 5.41) is 6.64. The summed E-state index contributed by atoms with van der Waals surface area (Å²) in [7, 11) is -1.92. The first-order valence-corrected chi connectivity index (χ1v) is 10.3. The lowest BCUT2D eigenvalue weighted by Crippen LogP contribution is -2.51. The van der Waals surface area contributed by atoms with Gasteiger partial charge in [-0.3, -0.25) is 9.89 Å². The molecule has 0 spiro atoms. The van der Waals surface area contributed by atoms with Crippen LogP contribution in [0.5, 0.6) is 0 Å². The van der Waals surface area contributed by atoms with Crippen LogP contribution in [0, 0.1) is 13.8 Å². The minimum atomic E-state index is -3.92. The maximum Gasteiger partial charge on any atom is 0.245 e. The van der Waals surface area contributed by atoms with Gasteiger partial charge in [-0.15, -0.1) is 0 Å². The fourth-order valence-electron chi connectivity index (χ4n) is 3.27. The molecule has 0 radical (unpaired) electrons. The molecule has 1 aromatic carbocycles. The summed E-state index contributed by atoms with van der Waals surface area (Å²) in [4.78, 5) is 17.1. The van der Waals surface area contributed by atoms with E-state index in [0.29, 0.717) is 30.0 Å². The molecule has 2 N–H and O–H groups in total. The molecule has 1 saturated heterocycles. The zero-order valence-corrected chi connectivity index (χ0v) is 16.6. The summed E-state index contributed by atoms with van der Waals surface area (Å²) in [6, 6.07) is 7.96. The van der Waals surface area contributed by atoms with Crippen LogP contribution in [0.4, 0.5) is 0 Å². The molecule has 146 valence electrons. The molecule has 1 aromatic heterocycles. The molecule has 0 saturated carbocycles. The number of nitrogens with one attached hydrogen (secondary N) is 2. The number of likely N-dealkylation sites (N-methyl/N-ethyl adjacent to an activating group) is 1. The highest BCUT2D eigenvalue weighted by atomic mass is 32.2. The van der Waals surface area contributed by atoms with E-state index in [2.05, 4.69) is 19.8 Å². The molecule has 8 nitrogen and oxygen atoms in total. The second-order valence-electron chi connectivity index (χ2n) is 6.86. The summed E-state index contributed by atoms with van der Waals surface area (Å²) in [5.74, 6) is -0.239. The van der Waals surface area contributed by atoms with Crippen molar-refractivity contribution in [1.82, 2.24) is 24.7 Å². The molecule has 0 aliphatic carbocycles. The second kappa shape index (κ2) is 7.79. The summed E-state index contributed by atoms with van der Waals surface area (Å²) in [6.45, 7) is 5.94. The second-order valence-corrected chi connectivity index (χ2v) is 8.51. The van der Waals surface area contributed by atoms with E-state index in [0.717, 1.165) is 13.1 Å². The fourth-order valence-corrected chi connectivity index (χ4v) is 4.81. The third kappa shape index (κ3) is 4.20. The third-order valence-corrected chi connectivity index (χ3v) is 6.48. The molecular weight excluding hydrogens is 366 g/mol. The number of nitrogens with zero attached hydrogens (tertiary/aromatic N) is 3. The molecule has 1 aliphatic rings. The number of aryl methyl sites for hydroxylation is 2. The number of carbonyl (C=O) groups is 1. The van der Waals surface area contributed by atoms with Gasteiger partial charge in [0.2, 0.25) is 15.9 Å². The van der Waals surface area contributed by atoms with Gasteiger partial charge in [0.05, 0.1) is 11.4 Å². The lowest BCUT2D eigenvalue weighted by Gasteiger charge is -2.34. The number of aromatic amines is 1. The molecule has 1 fully saturated rings. The topological polar surface area (TPSA) is 98.4 Å². The van der Waals surface area contributed by atoms with Crippen LogP contribution in [0.15, 0.2) is 35.2 Å². The van der Waals surface area contributed by atoms with Gasteiger partial charge in [0, 0.05) is 26.2 Å². The Morgan fingerprint density at radius 1 is 1.15 bits per heavy atom. The highest BCUT2D eigenvalue weighted by Crippen LogP contribution is 2.23. The monoisotopic (exact) mass is 391 g/mol. The maximum absolute atomic E-state index is 13.2. The normalized spacial score (nSPS) is 17.1. The Bertz CT molecular complexity index is 883. The predicted octanol–water partition coefficient (Wildman–Crippen LogP) is 0.820. The van der Waals surface area contributed by atoms with Gasteiger partial charge >= 0.3 is 0 Å². The van der Waals surface area contributed by atoms with Gasteiger partial charge in [-0.25, -0.2) is 8.42 Å². The van der Waals surface area contributed by atoms with Crippen LogP contribution in [0.1, 0.15) is 23.0 Å². The minimum absolute atomic E-state index is 0.0922. The number of piperazine rings is 1. The van der Waals surface area contributed by atoms with Crippen LogP contribution in [0.3, 0.4) is 0 Å². The first-order valence-electron chi connectivity index (χ1n) is 8.86. The van der Waals surface area contributed by atoms with E-state index in [-0.39, 0.29) is 10.8 Å². The van der Waals surface area contributed by atoms with Gasteiger partial charge in [-0.05, 0) is 26.5 Å². The first kappa shape index (κ1) is 19.5. The summed E-state index contributed by atoms with van der Waals surface area (Å²) < 4.78 is 28.6. The highest BCUT2D eigenvalue weighted by Gasteiger charge is 2.33. The van der Waals surface area contributed by atoms with Gasteiger partial charge in [0.15, 0.2) is 0 Å². The standard InChI is InChI=1S/C18H25N5O3S/c1-13-17(14(2)20-19-13)27(25,26)21-16(15-7-5-4-6-8-15)18(24)23-11-9-22(3)10-12-23/h4-8,16,21H,9-12H2,1-3H3,(H,19,20)/t16-/m0/s1. The van der Waals surface area contributed by atoms with Crippen LogP contribution < -0.4 is 4.72 Å². The smallest absolute Gasteiger partial charge is 0.245 e. The molecule has 0 bridgehead atoms. The molecule has 2 aromatic rings. The Hall–Kier alpha value is -2.23. The van der Waals surface area contributed by atoms with Gasteiger partial charge < -0.3 is 9.80 Å².